The third-order valence-corrected chi connectivity index (χ3v) is 2.79. The quantitative estimate of drug-likeness (QED) is 0.839. The lowest BCUT2D eigenvalue weighted by atomic mass is 10.1. The molecule has 0 saturated carbocycles. The summed E-state index contributed by atoms with van der Waals surface area (Å²) in [4.78, 5) is 10.6. The van der Waals surface area contributed by atoms with Crippen LogP contribution in [0.4, 0.5) is 5.69 Å². The number of aldehydes is 1. The van der Waals surface area contributed by atoms with E-state index < -0.39 is 6.04 Å². The Morgan fingerprint density at radius 2 is 1.70 bits per heavy atom. The third kappa shape index (κ3) is 3.82. The van der Waals surface area contributed by atoms with Crippen molar-refractivity contribution < 1.29 is 4.79 Å². The van der Waals surface area contributed by atoms with Crippen molar-refractivity contribution in [2.24, 2.45) is 0 Å². The van der Waals surface area contributed by atoms with Gasteiger partial charge in [0.2, 0.25) is 0 Å². The summed E-state index contributed by atoms with van der Waals surface area (Å²) >= 11 is 0. The molecule has 0 heterocycles. The average Bonchev–Trinajstić information content (AvgIpc) is 2.53. The molecule has 1 N–H and O–H groups in total. The van der Waals surface area contributed by atoms with Crippen LogP contribution in [0.25, 0.3) is 6.08 Å². The van der Waals surface area contributed by atoms with Gasteiger partial charge in [-0.1, -0.05) is 36.4 Å². The number of nitriles is 1. The van der Waals surface area contributed by atoms with Crippen LogP contribution in [0.15, 0.2) is 60.7 Å². The number of hydrogen-bond donors (Lipinski definition) is 1. The molecule has 0 aliphatic rings. The Morgan fingerprint density at radius 1 is 1.00 bits per heavy atom. The molecule has 3 nitrogen and oxygen atoms in total. The number of nitrogens with one attached hydrogen (secondary N) is 1. The molecule has 0 aromatic heterocycles. The molecular formula is C17H14N2O. The van der Waals surface area contributed by atoms with Crippen LogP contribution in [0.5, 0.6) is 0 Å². The van der Waals surface area contributed by atoms with Gasteiger partial charge in [0.05, 0.1) is 6.07 Å². The summed E-state index contributed by atoms with van der Waals surface area (Å²) in [5.74, 6) is 0. The van der Waals surface area contributed by atoms with Gasteiger partial charge in [-0.3, -0.25) is 4.79 Å². The fraction of sp³-hybridized carbons (Fsp3) is 0.0588. The first-order valence-electron chi connectivity index (χ1n) is 6.26. The molecule has 2 aromatic carbocycles. The van der Waals surface area contributed by atoms with E-state index in [2.05, 4.69) is 11.4 Å². The summed E-state index contributed by atoms with van der Waals surface area (Å²) in [6.07, 6.45) is 4.50. The van der Waals surface area contributed by atoms with E-state index in [-0.39, 0.29) is 0 Å². The number of nitrogens with zero attached hydrogens (tertiary/aromatic N) is 1. The second-order valence-electron chi connectivity index (χ2n) is 4.26. The summed E-state index contributed by atoms with van der Waals surface area (Å²) in [7, 11) is 0. The summed E-state index contributed by atoms with van der Waals surface area (Å²) in [6.45, 7) is 0. The molecule has 3 heteroatoms. The van der Waals surface area contributed by atoms with Gasteiger partial charge in [-0.2, -0.15) is 5.26 Å². The predicted molar refractivity (Wildman–Crippen MR) is 80.3 cm³/mol. The van der Waals surface area contributed by atoms with Crippen LogP contribution in [0.1, 0.15) is 15.9 Å². The van der Waals surface area contributed by atoms with Crippen LogP contribution in [-0.2, 0) is 0 Å². The highest BCUT2D eigenvalue weighted by molar-refractivity contribution is 5.75. The van der Waals surface area contributed by atoms with Gasteiger partial charge in [0.15, 0.2) is 0 Å². The molecule has 2 aromatic rings. The first-order valence-corrected chi connectivity index (χ1v) is 6.26. The maximum Gasteiger partial charge on any atom is 0.150 e. The van der Waals surface area contributed by atoms with Crippen molar-refractivity contribution in [1.29, 1.82) is 5.26 Å². The van der Waals surface area contributed by atoms with Crippen molar-refractivity contribution in [3.05, 3.63) is 71.8 Å². The van der Waals surface area contributed by atoms with Crippen LogP contribution in [0.2, 0.25) is 0 Å². The maximum atomic E-state index is 10.6. The van der Waals surface area contributed by atoms with E-state index in [9.17, 15) is 4.79 Å². The molecule has 0 aliphatic carbocycles. The second kappa shape index (κ2) is 6.91. The average molecular weight is 262 g/mol. The van der Waals surface area contributed by atoms with Gasteiger partial charge in [-0.05, 0) is 35.9 Å². The molecule has 0 radical (unpaired) electrons. The molecule has 0 amide bonds. The minimum Gasteiger partial charge on any atom is -0.367 e. The summed E-state index contributed by atoms with van der Waals surface area (Å²) in [5.41, 5.74) is 2.47. The molecule has 98 valence electrons. The van der Waals surface area contributed by atoms with Crippen LogP contribution in [0, 0.1) is 11.3 Å². The first-order chi connectivity index (χ1) is 9.81. The highest BCUT2D eigenvalue weighted by Crippen LogP contribution is 2.11. The molecule has 0 aliphatic heterocycles. The van der Waals surface area contributed by atoms with Gasteiger partial charge in [-0.15, -0.1) is 0 Å². The standard InChI is InChI=1S/C17H14N2O/c18-12-17(11-6-14-4-2-1-3-5-14)19-16-9-7-15(13-20)8-10-16/h1-11,13,17,19H/b11-6+. The highest BCUT2D eigenvalue weighted by atomic mass is 16.1. The normalized spacial score (nSPS) is 11.8. The highest BCUT2D eigenvalue weighted by Gasteiger charge is 2.02. The lowest BCUT2D eigenvalue weighted by Gasteiger charge is -2.09. The molecule has 0 spiro atoms. The zero-order valence-corrected chi connectivity index (χ0v) is 10.9. The topological polar surface area (TPSA) is 52.9 Å². The van der Waals surface area contributed by atoms with Crippen molar-refractivity contribution in [3.8, 4) is 6.07 Å². The van der Waals surface area contributed by atoms with E-state index in [0.29, 0.717) is 5.56 Å². The number of carbonyl (C=O) groups is 1. The number of rotatable bonds is 5. The molecule has 1 atom stereocenters. The van der Waals surface area contributed by atoms with Gasteiger partial charge < -0.3 is 5.32 Å². The Hall–Kier alpha value is -2.86. The lowest BCUT2D eigenvalue weighted by Crippen LogP contribution is -2.13. The van der Waals surface area contributed by atoms with Crippen LogP contribution in [-0.4, -0.2) is 12.3 Å². The number of benzene rings is 2. The predicted octanol–water partition coefficient (Wildman–Crippen LogP) is 3.52. The number of carbonyl (C=O) groups excluding carboxylic acids is 1. The van der Waals surface area contributed by atoms with Crippen molar-refractivity contribution in [2.75, 3.05) is 5.32 Å². The Morgan fingerprint density at radius 3 is 2.30 bits per heavy atom. The van der Waals surface area contributed by atoms with Crippen LogP contribution >= 0.6 is 0 Å². The van der Waals surface area contributed by atoms with E-state index >= 15 is 0 Å². The molecule has 2 rings (SSSR count). The minimum atomic E-state index is -0.419. The zero-order chi connectivity index (χ0) is 14.2. The Kier molecular flexibility index (Phi) is 4.69. The van der Waals surface area contributed by atoms with E-state index in [1.165, 1.54) is 0 Å². The number of hydrogen-bond acceptors (Lipinski definition) is 3. The Bertz CT molecular complexity index is 624. The van der Waals surface area contributed by atoms with Crippen molar-refractivity contribution in [2.45, 2.75) is 6.04 Å². The van der Waals surface area contributed by atoms with Gasteiger partial charge in [0, 0.05) is 11.3 Å². The van der Waals surface area contributed by atoms with Gasteiger partial charge >= 0.3 is 0 Å². The lowest BCUT2D eigenvalue weighted by molar-refractivity contribution is 0.112. The summed E-state index contributed by atoms with van der Waals surface area (Å²) < 4.78 is 0. The van der Waals surface area contributed by atoms with Crippen molar-refractivity contribution in [3.63, 3.8) is 0 Å². The molecule has 1 unspecified atom stereocenters. The fourth-order valence-electron chi connectivity index (χ4n) is 1.73. The van der Waals surface area contributed by atoms with Crippen molar-refractivity contribution >= 4 is 18.0 Å². The Balaban J connectivity index is 2.03. The molecule has 20 heavy (non-hydrogen) atoms. The second-order valence-corrected chi connectivity index (χ2v) is 4.26. The van der Waals surface area contributed by atoms with Gasteiger partial charge in [-0.25, -0.2) is 0 Å². The molecular weight excluding hydrogens is 248 g/mol. The van der Waals surface area contributed by atoms with Gasteiger partial charge in [0.1, 0.15) is 12.3 Å². The number of anilines is 1. The third-order valence-electron chi connectivity index (χ3n) is 2.79. The maximum absolute atomic E-state index is 10.6. The molecule has 0 bridgehead atoms. The van der Waals surface area contributed by atoms with E-state index in [1.54, 1.807) is 24.3 Å². The molecule has 0 fully saturated rings. The SMILES string of the molecule is N#CC(/C=C/c1ccccc1)Nc1ccc(C=O)cc1. The van der Waals surface area contributed by atoms with E-state index in [0.717, 1.165) is 17.5 Å². The van der Waals surface area contributed by atoms with Gasteiger partial charge in [0.25, 0.3) is 0 Å². The minimum absolute atomic E-state index is 0.419. The van der Waals surface area contributed by atoms with E-state index in [4.69, 9.17) is 5.26 Å². The largest absolute Gasteiger partial charge is 0.367 e. The summed E-state index contributed by atoms with van der Waals surface area (Å²) in [6, 6.07) is 18.6. The van der Waals surface area contributed by atoms with E-state index in [1.807, 2.05) is 42.5 Å². The van der Waals surface area contributed by atoms with Crippen LogP contribution < -0.4 is 5.32 Å². The van der Waals surface area contributed by atoms with Crippen LogP contribution in [0.3, 0.4) is 0 Å². The Labute approximate surface area is 118 Å². The summed E-state index contributed by atoms with van der Waals surface area (Å²) in [5, 5.41) is 12.2. The monoisotopic (exact) mass is 262 g/mol. The smallest absolute Gasteiger partial charge is 0.150 e. The zero-order valence-electron chi connectivity index (χ0n) is 10.9. The first kappa shape index (κ1) is 13.6. The molecule has 0 saturated heterocycles. The van der Waals surface area contributed by atoms with Crippen molar-refractivity contribution in [1.82, 2.24) is 0 Å². The fourth-order valence-corrected chi connectivity index (χ4v) is 1.73.